The van der Waals surface area contributed by atoms with Gasteiger partial charge in [0.25, 0.3) is 0 Å². The predicted octanol–water partition coefficient (Wildman–Crippen LogP) is 4.91. The molecule has 0 aliphatic rings. The van der Waals surface area contributed by atoms with Gasteiger partial charge in [-0.15, -0.1) is 11.8 Å². The molecule has 0 radical (unpaired) electrons. The summed E-state index contributed by atoms with van der Waals surface area (Å²) in [6.07, 6.45) is -2.04. The number of pyridine rings is 2. The van der Waals surface area contributed by atoms with E-state index in [0.29, 0.717) is 11.5 Å². The van der Waals surface area contributed by atoms with Gasteiger partial charge in [-0.25, -0.2) is 9.97 Å². The van der Waals surface area contributed by atoms with Crippen molar-refractivity contribution in [1.29, 1.82) is 0 Å². The fraction of sp³-hybridized carbons (Fsp3) is 0.214. The molecule has 0 aromatic carbocycles. The van der Waals surface area contributed by atoms with E-state index in [1.807, 2.05) is 13.0 Å². The molecule has 9 heteroatoms. The Morgan fingerprint density at radius 3 is 2.70 bits per heavy atom. The van der Waals surface area contributed by atoms with E-state index in [-0.39, 0.29) is 11.2 Å². The zero-order valence-corrected chi connectivity index (χ0v) is 14.2. The Hall–Kier alpha value is -1.61. The van der Waals surface area contributed by atoms with Crippen LogP contribution in [0.3, 0.4) is 0 Å². The van der Waals surface area contributed by atoms with Crippen molar-refractivity contribution >= 4 is 38.9 Å². The third-order valence-electron chi connectivity index (χ3n) is 3.01. The molecular formula is C14H10BrF3N4S. The normalized spacial score (nSPS) is 12.0. The van der Waals surface area contributed by atoms with Crippen LogP contribution in [0.25, 0.3) is 22.7 Å². The molecule has 3 aromatic rings. The van der Waals surface area contributed by atoms with E-state index in [2.05, 4.69) is 35.9 Å². The summed E-state index contributed by atoms with van der Waals surface area (Å²) in [7, 11) is 0. The van der Waals surface area contributed by atoms with Crippen molar-refractivity contribution in [2.45, 2.75) is 18.0 Å². The van der Waals surface area contributed by atoms with Gasteiger partial charge < -0.3 is 4.98 Å². The third kappa shape index (κ3) is 3.35. The highest BCUT2D eigenvalue weighted by Crippen LogP contribution is 2.33. The monoisotopic (exact) mass is 402 g/mol. The summed E-state index contributed by atoms with van der Waals surface area (Å²) in [6.45, 7) is 2.01. The summed E-state index contributed by atoms with van der Waals surface area (Å²) in [5.41, 5.74) is 0.232. The van der Waals surface area contributed by atoms with Crippen molar-refractivity contribution in [3.63, 3.8) is 0 Å². The Bertz CT molecular complexity index is 863. The van der Waals surface area contributed by atoms with Crippen LogP contribution in [0.2, 0.25) is 0 Å². The number of nitrogens with one attached hydrogen (secondary N) is 1. The van der Waals surface area contributed by atoms with E-state index in [1.54, 1.807) is 18.0 Å². The van der Waals surface area contributed by atoms with E-state index < -0.39 is 11.7 Å². The molecule has 23 heavy (non-hydrogen) atoms. The van der Waals surface area contributed by atoms with Crippen LogP contribution in [0.4, 0.5) is 13.2 Å². The number of nitrogens with zero attached hydrogens (tertiary/aromatic N) is 3. The molecule has 0 saturated carbocycles. The van der Waals surface area contributed by atoms with E-state index in [9.17, 15) is 13.2 Å². The van der Waals surface area contributed by atoms with Crippen molar-refractivity contribution < 1.29 is 13.2 Å². The average Bonchev–Trinajstić information content (AvgIpc) is 2.89. The predicted molar refractivity (Wildman–Crippen MR) is 86.2 cm³/mol. The zero-order valence-electron chi connectivity index (χ0n) is 11.8. The Kier molecular flexibility index (Phi) is 4.33. The fourth-order valence-corrected chi connectivity index (χ4v) is 3.32. The summed E-state index contributed by atoms with van der Waals surface area (Å²) in [5, 5.41) is 0. The number of H-pyrrole nitrogens is 1. The quantitative estimate of drug-likeness (QED) is 0.632. The minimum absolute atomic E-state index is 0.227. The maximum Gasteiger partial charge on any atom is 0.417 e. The average molecular weight is 403 g/mol. The van der Waals surface area contributed by atoms with Gasteiger partial charge in [0.1, 0.15) is 5.69 Å². The SMILES string of the molecule is CCSc1cc(Br)cnc1-c1nc2ncc(C(F)(F)F)cc2[nH]1. The van der Waals surface area contributed by atoms with Crippen LogP contribution in [0.1, 0.15) is 12.5 Å². The number of thioether (sulfide) groups is 1. The lowest BCUT2D eigenvalue weighted by Gasteiger charge is -2.05. The van der Waals surface area contributed by atoms with E-state index in [0.717, 1.165) is 27.4 Å². The standard InChI is InChI=1S/C14H10BrF3N4S/c1-2-23-10-4-8(15)6-19-11(10)13-21-9-3-7(14(16,17)18)5-20-12(9)22-13/h3-6H,2H2,1H3,(H,20,21,22). The number of rotatable bonds is 3. The van der Waals surface area contributed by atoms with Gasteiger partial charge in [0.2, 0.25) is 0 Å². The van der Waals surface area contributed by atoms with Crippen LogP contribution < -0.4 is 0 Å². The van der Waals surface area contributed by atoms with Crippen LogP contribution in [0.5, 0.6) is 0 Å². The number of halogens is 4. The first-order valence-corrected chi connectivity index (χ1v) is 8.38. The van der Waals surface area contributed by atoms with Crippen molar-refractivity contribution in [3.05, 3.63) is 34.6 Å². The molecule has 3 rings (SSSR count). The van der Waals surface area contributed by atoms with Crippen LogP contribution in [-0.4, -0.2) is 25.7 Å². The molecule has 3 aromatic heterocycles. The summed E-state index contributed by atoms with van der Waals surface area (Å²) < 4.78 is 39.1. The Morgan fingerprint density at radius 1 is 1.22 bits per heavy atom. The van der Waals surface area contributed by atoms with Crippen molar-refractivity contribution in [2.24, 2.45) is 0 Å². The second-order valence-corrected chi connectivity index (χ2v) is 6.83. The number of fused-ring (bicyclic) bond motifs is 1. The molecule has 0 atom stereocenters. The molecule has 0 aliphatic heterocycles. The zero-order chi connectivity index (χ0) is 16.6. The van der Waals surface area contributed by atoms with E-state index in [4.69, 9.17) is 0 Å². The Morgan fingerprint density at radius 2 is 2.00 bits per heavy atom. The highest BCUT2D eigenvalue weighted by molar-refractivity contribution is 9.10. The maximum absolute atomic E-state index is 12.8. The number of aromatic nitrogens is 4. The molecule has 0 saturated heterocycles. The number of aromatic amines is 1. The molecule has 0 bridgehead atoms. The van der Waals surface area contributed by atoms with Crippen LogP contribution in [0.15, 0.2) is 33.9 Å². The van der Waals surface area contributed by atoms with Gasteiger partial charge in [0.05, 0.1) is 11.1 Å². The summed E-state index contributed by atoms with van der Waals surface area (Å²) in [5.74, 6) is 1.23. The Balaban J connectivity index is 2.11. The van der Waals surface area contributed by atoms with E-state index in [1.165, 1.54) is 0 Å². The summed E-state index contributed by atoms with van der Waals surface area (Å²) in [6, 6.07) is 2.91. The number of alkyl halides is 3. The fourth-order valence-electron chi connectivity index (χ4n) is 2.03. The van der Waals surface area contributed by atoms with Gasteiger partial charge in [-0.05, 0) is 33.8 Å². The molecule has 0 aliphatic carbocycles. The first-order chi connectivity index (χ1) is 10.9. The largest absolute Gasteiger partial charge is 0.417 e. The first kappa shape index (κ1) is 16.3. The first-order valence-electron chi connectivity index (χ1n) is 6.60. The third-order valence-corrected chi connectivity index (χ3v) is 4.35. The Labute approximate surface area is 142 Å². The highest BCUT2D eigenvalue weighted by atomic mass is 79.9. The molecular weight excluding hydrogens is 393 g/mol. The van der Waals surface area contributed by atoms with Gasteiger partial charge in [0.15, 0.2) is 11.5 Å². The molecule has 4 nitrogen and oxygen atoms in total. The maximum atomic E-state index is 12.8. The number of hydrogen-bond acceptors (Lipinski definition) is 4. The van der Waals surface area contributed by atoms with Crippen molar-refractivity contribution in [1.82, 2.24) is 19.9 Å². The van der Waals surface area contributed by atoms with Gasteiger partial charge in [0, 0.05) is 21.8 Å². The molecule has 0 fully saturated rings. The van der Waals surface area contributed by atoms with Crippen LogP contribution in [-0.2, 0) is 6.18 Å². The minimum Gasteiger partial charge on any atom is -0.335 e. The summed E-state index contributed by atoms with van der Waals surface area (Å²) >= 11 is 4.94. The molecule has 1 N–H and O–H groups in total. The topological polar surface area (TPSA) is 54.5 Å². The molecule has 0 amide bonds. The smallest absolute Gasteiger partial charge is 0.335 e. The van der Waals surface area contributed by atoms with Crippen molar-refractivity contribution in [2.75, 3.05) is 5.75 Å². The van der Waals surface area contributed by atoms with Gasteiger partial charge in [-0.2, -0.15) is 13.2 Å². The second-order valence-electron chi connectivity index (χ2n) is 4.61. The molecule has 0 unspecified atom stereocenters. The lowest BCUT2D eigenvalue weighted by atomic mass is 10.2. The lowest BCUT2D eigenvalue weighted by Crippen LogP contribution is -2.05. The van der Waals surface area contributed by atoms with Gasteiger partial charge in [-0.1, -0.05) is 6.92 Å². The molecule has 120 valence electrons. The highest BCUT2D eigenvalue weighted by Gasteiger charge is 2.31. The molecule has 3 heterocycles. The van der Waals surface area contributed by atoms with Crippen LogP contribution in [0, 0.1) is 0 Å². The number of imidazole rings is 1. The van der Waals surface area contributed by atoms with Gasteiger partial charge in [-0.3, -0.25) is 4.98 Å². The van der Waals surface area contributed by atoms with Crippen molar-refractivity contribution in [3.8, 4) is 11.5 Å². The molecule has 0 spiro atoms. The van der Waals surface area contributed by atoms with Gasteiger partial charge >= 0.3 is 6.18 Å². The van der Waals surface area contributed by atoms with Crippen LogP contribution >= 0.6 is 27.7 Å². The lowest BCUT2D eigenvalue weighted by molar-refractivity contribution is -0.137. The summed E-state index contributed by atoms with van der Waals surface area (Å²) in [4.78, 5) is 16.1. The second kappa shape index (κ2) is 6.12. The van der Waals surface area contributed by atoms with E-state index >= 15 is 0 Å². The minimum atomic E-state index is -4.44. The number of hydrogen-bond donors (Lipinski definition) is 1.